The van der Waals surface area contributed by atoms with Gasteiger partial charge in [-0.3, -0.25) is 0 Å². The van der Waals surface area contributed by atoms with Crippen molar-refractivity contribution in [3.63, 3.8) is 0 Å². The highest BCUT2D eigenvalue weighted by Crippen LogP contribution is 2.45. The van der Waals surface area contributed by atoms with Crippen LogP contribution in [-0.2, 0) is 0 Å². The molecule has 0 aliphatic carbocycles. The van der Waals surface area contributed by atoms with Gasteiger partial charge in [-0.25, -0.2) is 0 Å². The van der Waals surface area contributed by atoms with Gasteiger partial charge in [-0.05, 0) is 126 Å². The molecule has 15 aromatic carbocycles. The van der Waals surface area contributed by atoms with E-state index in [-0.39, 0.29) is 0 Å². The monoisotopic (exact) mass is 1210 g/mol. The van der Waals surface area contributed by atoms with E-state index in [0.717, 1.165) is 67.0 Å². The summed E-state index contributed by atoms with van der Waals surface area (Å²) >= 11 is 0. The number of aromatic nitrogens is 3. The van der Waals surface area contributed by atoms with Gasteiger partial charge in [-0.2, -0.15) is 0 Å². The summed E-state index contributed by atoms with van der Waals surface area (Å²) in [7, 11) is -3.33. The maximum Gasteiger partial charge on any atom is 0.179 e. The Balaban J connectivity index is 0.879. The molecule has 0 unspecified atom stereocenters. The van der Waals surface area contributed by atoms with E-state index in [2.05, 4.69) is 384 Å². The van der Waals surface area contributed by atoms with Gasteiger partial charge in [0.1, 0.15) is 0 Å². The summed E-state index contributed by atoms with van der Waals surface area (Å²) in [5, 5.41) is 12.5. The normalized spacial score (nSPS) is 11.8. The lowest BCUT2D eigenvalue weighted by atomic mass is 9.95. The second-order valence-electron chi connectivity index (χ2n) is 24.7. The molecule has 0 radical (unpaired) electrons. The van der Waals surface area contributed by atoms with Crippen molar-refractivity contribution in [1.29, 1.82) is 0 Å². The average molecular weight is 1210 g/mol. The van der Waals surface area contributed by atoms with Crippen molar-refractivity contribution in [2.24, 2.45) is 0 Å². The molecule has 0 spiro atoms. The Bertz CT molecular complexity index is 5680. The Morgan fingerprint density at radius 1 is 0.181 bits per heavy atom. The lowest BCUT2D eigenvalue weighted by molar-refractivity contribution is 1.17. The third kappa shape index (κ3) is 8.87. The van der Waals surface area contributed by atoms with Crippen LogP contribution in [-0.4, -0.2) is 21.8 Å². The SMILES string of the molecule is c1ccc(-c2cc(-c3ccccc3)cc([Si](c3ccccc3)(c3ccccc3)c3cc(-c4ccccc4)c(-n4c5ccccc5c5cc(-c6ccccc6-n6c7ccccc7c7cc(-n8c9ccccc9c9ccccc98)ccc76)ccc54)c(-c4ccccc4)c3)c2)cc1. The maximum atomic E-state index is 2.59. The molecule has 18 aromatic rings. The number of hydrogen-bond acceptors (Lipinski definition) is 0. The predicted molar refractivity (Wildman–Crippen MR) is 400 cm³/mol. The van der Waals surface area contributed by atoms with Gasteiger partial charge in [-0.1, -0.05) is 303 Å². The number of benzene rings is 15. The van der Waals surface area contributed by atoms with E-state index >= 15 is 0 Å². The zero-order valence-corrected chi connectivity index (χ0v) is 52.6. The topological polar surface area (TPSA) is 14.8 Å². The Labute approximate surface area is 547 Å². The van der Waals surface area contributed by atoms with Gasteiger partial charge < -0.3 is 13.7 Å². The Morgan fingerprint density at radius 2 is 0.543 bits per heavy atom. The zero-order valence-electron chi connectivity index (χ0n) is 51.6. The van der Waals surface area contributed by atoms with E-state index in [9.17, 15) is 0 Å². The molecule has 0 atom stereocenters. The molecule has 0 saturated carbocycles. The molecule has 0 fully saturated rings. The Hall–Kier alpha value is -12.1. The van der Waals surface area contributed by atoms with Crippen molar-refractivity contribution in [3.8, 4) is 72.7 Å². The first kappa shape index (κ1) is 54.8. The van der Waals surface area contributed by atoms with E-state index in [0.29, 0.717) is 0 Å². The number of nitrogens with zero attached hydrogens (tertiary/aromatic N) is 3. The van der Waals surface area contributed by atoms with E-state index < -0.39 is 8.07 Å². The van der Waals surface area contributed by atoms with E-state index in [4.69, 9.17) is 0 Å². The van der Waals surface area contributed by atoms with E-state index in [1.807, 2.05) is 0 Å². The summed E-state index contributed by atoms with van der Waals surface area (Å²) in [5.41, 5.74) is 22.1. The molecule has 3 heterocycles. The molecule has 440 valence electrons. The summed E-state index contributed by atoms with van der Waals surface area (Å²) in [6.07, 6.45) is 0. The largest absolute Gasteiger partial charge is 0.309 e. The quantitative estimate of drug-likeness (QED) is 0.0855. The van der Waals surface area contributed by atoms with Gasteiger partial charge >= 0.3 is 0 Å². The molecule has 0 N–H and O–H groups in total. The molecular formula is C90H61N3Si. The fourth-order valence-corrected chi connectivity index (χ4v) is 20.3. The summed E-state index contributed by atoms with van der Waals surface area (Å²) < 4.78 is 7.49. The molecule has 0 amide bonds. The van der Waals surface area contributed by atoms with Crippen molar-refractivity contribution in [1.82, 2.24) is 13.7 Å². The average Bonchev–Trinajstić information content (AvgIpc) is 1.10. The van der Waals surface area contributed by atoms with Gasteiger partial charge in [0, 0.05) is 54.7 Å². The zero-order chi connectivity index (χ0) is 62.1. The van der Waals surface area contributed by atoms with Crippen LogP contribution in [0.2, 0.25) is 0 Å². The van der Waals surface area contributed by atoms with Gasteiger partial charge in [0.15, 0.2) is 8.07 Å². The highest BCUT2D eigenvalue weighted by Gasteiger charge is 2.43. The first-order valence-corrected chi connectivity index (χ1v) is 34.5. The third-order valence-electron chi connectivity index (χ3n) is 19.6. The van der Waals surface area contributed by atoms with Crippen LogP contribution in [0.3, 0.4) is 0 Å². The van der Waals surface area contributed by atoms with Crippen LogP contribution >= 0.6 is 0 Å². The van der Waals surface area contributed by atoms with E-state index in [1.54, 1.807) is 0 Å². The number of hydrogen-bond donors (Lipinski definition) is 0. The molecular weight excluding hydrogens is 1150 g/mol. The fraction of sp³-hybridized carbons (Fsp3) is 0. The Kier molecular flexibility index (Phi) is 13.2. The highest BCUT2D eigenvalue weighted by molar-refractivity contribution is 7.20. The van der Waals surface area contributed by atoms with Crippen LogP contribution in [0.15, 0.2) is 370 Å². The first-order valence-electron chi connectivity index (χ1n) is 32.5. The van der Waals surface area contributed by atoms with Crippen LogP contribution in [0, 0.1) is 0 Å². The van der Waals surface area contributed by atoms with Crippen molar-refractivity contribution < 1.29 is 0 Å². The molecule has 0 saturated heterocycles. The minimum Gasteiger partial charge on any atom is -0.309 e. The van der Waals surface area contributed by atoms with Gasteiger partial charge in [0.2, 0.25) is 0 Å². The number of rotatable bonds is 12. The molecule has 0 aliphatic heterocycles. The van der Waals surface area contributed by atoms with Gasteiger partial charge in [-0.15, -0.1) is 0 Å². The number of para-hydroxylation sites is 5. The van der Waals surface area contributed by atoms with Gasteiger partial charge in [0.05, 0.1) is 44.5 Å². The minimum absolute atomic E-state index is 1.13. The first-order chi connectivity index (χ1) is 46.7. The summed E-state index contributed by atoms with van der Waals surface area (Å²) in [4.78, 5) is 0. The molecule has 0 aliphatic rings. The molecule has 4 heteroatoms. The number of fused-ring (bicyclic) bond motifs is 9. The fourth-order valence-electron chi connectivity index (χ4n) is 15.4. The summed E-state index contributed by atoms with van der Waals surface area (Å²) in [6, 6.07) is 138. The van der Waals surface area contributed by atoms with Crippen LogP contribution in [0.4, 0.5) is 0 Å². The van der Waals surface area contributed by atoms with Crippen molar-refractivity contribution in [3.05, 3.63) is 370 Å². The van der Waals surface area contributed by atoms with Crippen LogP contribution in [0.25, 0.3) is 138 Å². The third-order valence-corrected chi connectivity index (χ3v) is 24.3. The van der Waals surface area contributed by atoms with E-state index in [1.165, 1.54) is 91.9 Å². The lowest BCUT2D eigenvalue weighted by Gasteiger charge is -2.36. The molecule has 3 aromatic heterocycles. The highest BCUT2D eigenvalue weighted by atomic mass is 28.3. The summed E-state index contributed by atoms with van der Waals surface area (Å²) in [5.74, 6) is 0. The van der Waals surface area contributed by atoms with Crippen LogP contribution in [0.5, 0.6) is 0 Å². The van der Waals surface area contributed by atoms with Crippen LogP contribution in [0.1, 0.15) is 0 Å². The van der Waals surface area contributed by atoms with Gasteiger partial charge in [0.25, 0.3) is 0 Å². The predicted octanol–water partition coefficient (Wildman–Crippen LogP) is 20.7. The Morgan fingerprint density at radius 3 is 1.05 bits per heavy atom. The van der Waals surface area contributed by atoms with Crippen molar-refractivity contribution in [2.75, 3.05) is 0 Å². The summed E-state index contributed by atoms with van der Waals surface area (Å²) in [6.45, 7) is 0. The van der Waals surface area contributed by atoms with Crippen LogP contribution < -0.4 is 20.7 Å². The maximum absolute atomic E-state index is 3.33. The minimum atomic E-state index is -3.33. The smallest absolute Gasteiger partial charge is 0.179 e. The lowest BCUT2D eigenvalue weighted by Crippen LogP contribution is -2.74. The molecule has 18 rings (SSSR count). The molecule has 0 bridgehead atoms. The second kappa shape index (κ2) is 22.7. The molecule has 94 heavy (non-hydrogen) atoms. The second-order valence-corrected chi connectivity index (χ2v) is 28.5. The van der Waals surface area contributed by atoms with Crippen molar-refractivity contribution >= 4 is 94.2 Å². The standard InChI is InChI=1S/C90H61N3Si/c1-7-29-62(30-8-1)67-55-68(63-31-9-2-10-32-63)57-72(56-67)94(70-37-15-5-16-38-70,71-39-17-6-18-40-71)73-60-79(64-33-11-3-12-34-64)90(80(61-73)65-35-13-4-14-36-65)93-87-50-28-23-44-77(87)81-58-66(51-53-89(81)93)74-41-19-24-46-83(74)92-86-49-27-22-45-78(86)82-59-69(52-54-88(82)92)91-84-47-25-20-42-75(84)76-43-21-26-48-85(76)91/h1-61H. The van der Waals surface area contributed by atoms with Crippen molar-refractivity contribution in [2.45, 2.75) is 0 Å². The molecule has 3 nitrogen and oxygen atoms in total.